The highest BCUT2D eigenvalue weighted by molar-refractivity contribution is 5.94. The maximum atomic E-state index is 11.6. The van der Waals surface area contributed by atoms with E-state index >= 15 is 0 Å². The Kier molecular flexibility index (Phi) is 7.68. The average Bonchev–Trinajstić information content (AvgIpc) is 2.75. The molecular weight excluding hydrogens is 436 g/mol. The summed E-state index contributed by atoms with van der Waals surface area (Å²) >= 11 is 0. The Bertz CT molecular complexity index is 1010. The Hall–Kier alpha value is -4.28. The Morgan fingerprint density at radius 2 is 1.36 bits per heavy atom. The molecule has 3 rings (SSSR count). The molecule has 11 heteroatoms. The van der Waals surface area contributed by atoms with Gasteiger partial charge in [0.1, 0.15) is 50.9 Å². The number of para-hydroxylation sites is 4. The Labute approximate surface area is 188 Å². The van der Waals surface area contributed by atoms with Crippen molar-refractivity contribution in [2.24, 2.45) is 0 Å². The number of anilines is 2. The molecule has 0 amide bonds. The van der Waals surface area contributed by atoms with Crippen molar-refractivity contribution >= 4 is 35.3 Å². The first-order valence-corrected chi connectivity index (χ1v) is 9.94. The molecule has 11 nitrogen and oxygen atoms in total. The van der Waals surface area contributed by atoms with Gasteiger partial charge in [0.15, 0.2) is 0 Å². The summed E-state index contributed by atoms with van der Waals surface area (Å²) in [6, 6.07) is 13.4. The number of carbonyl (C=O) groups excluding carboxylic acids is 2. The summed E-state index contributed by atoms with van der Waals surface area (Å²) in [6.07, 6.45) is 0. The fraction of sp³-hybridized carbons (Fsp3) is 0.273. The van der Waals surface area contributed by atoms with Crippen LogP contribution in [0.25, 0.3) is 0 Å². The smallest absolute Gasteiger partial charge is 0.333 e. The minimum absolute atomic E-state index is 0.0697. The number of rotatable bonds is 11. The lowest BCUT2D eigenvalue weighted by Gasteiger charge is -2.28. The number of nitrogens with zero attached hydrogens (tertiary/aromatic N) is 2. The van der Waals surface area contributed by atoms with Crippen molar-refractivity contribution in [3.05, 3.63) is 48.5 Å². The molecule has 33 heavy (non-hydrogen) atoms. The fourth-order valence-electron chi connectivity index (χ4n) is 3.27. The highest BCUT2D eigenvalue weighted by atomic mass is 16.6. The van der Waals surface area contributed by atoms with Crippen LogP contribution in [0.15, 0.2) is 48.5 Å². The second-order valence-corrected chi connectivity index (χ2v) is 6.98. The first-order valence-electron chi connectivity index (χ1n) is 9.94. The van der Waals surface area contributed by atoms with Gasteiger partial charge in [-0.15, -0.1) is 0 Å². The van der Waals surface area contributed by atoms with E-state index < -0.39 is 37.0 Å². The summed E-state index contributed by atoms with van der Waals surface area (Å²) in [4.78, 5) is 48.2. The molecule has 0 saturated carbocycles. The number of morpholine rings is 1. The number of cyclic esters (lactones) is 2. The number of carbonyl (C=O) groups is 4. The number of benzene rings is 2. The lowest BCUT2D eigenvalue weighted by atomic mass is 10.2. The maximum absolute atomic E-state index is 11.6. The van der Waals surface area contributed by atoms with E-state index in [-0.39, 0.29) is 26.3 Å². The normalized spacial score (nSPS) is 13.3. The van der Waals surface area contributed by atoms with Crippen molar-refractivity contribution in [3.63, 3.8) is 0 Å². The molecular formula is C22H22N2O9. The van der Waals surface area contributed by atoms with Gasteiger partial charge in [0, 0.05) is 0 Å². The molecule has 2 N–H and O–H groups in total. The van der Waals surface area contributed by atoms with Crippen LogP contribution in [0.5, 0.6) is 11.5 Å². The lowest BCUT2D eigenvalue weighted by molar-refractivity contribution is -0.160. The second kappa shape index (κ2) is 10.8. The Balaban J connectivity index is 1.64. The zero-order valence-corrected chi connectivity index (χ0v) is 17.5. The van der Waals surface area contributed by atoms with E-state index in [0.29, 0.717) is 22.9 Å². The highest BCUT2D eigenvalue weighted by Crippen LogP contribution is 2.30. The Morgan fingerprint density at radius 1 is 0.848 bits per heavy atom. The number of carboxylic acids is 2. The van der Waals surface area contributed by atoms with Gasteiger partial charge in [-0.05, 0) is 24.3 Å². The number of esters is 2. The molecule has 0 radical (unpaired) electrons. The van der Waals surface area contributed by atoms with Crippen LogP contribution < -0.4 is 19.3 Å². The van der Waals surface area contributed by atoms with Crippen LogP contribution in [0.1, 0.15) is 0 Å². The van der Waals surface area contributed by atoms with E-state index in [4.69, 9.17) is 19.7 Å². The molecule has 174 valence electrons. The van der Waals surface area contributed by atoms with Gasteiger partial charge in [-0.2, -0.15) is 0 Å². The third kappa shape index (κ3) is 6.60. The largest absolute Gasteiger partial charge is 0.488 e. The summed E-state index contributed by atoms with van der Waals surface area (Å²) in [6.45, 7) is -1.02. The maximum Gasteiger partial charge on any atom is 0.333 e. The number of hydrogen-bond acceptors (Lipinski definition) is 9. The molecule has 2 aromatic rings. The zero-order valence-electron chi connectivity index (χ0n) is 17.5. The predicted molar refractivity (Wildman–Crippen MR) is 115 cm³/mol. The van der Waals surface area contributed by atoms with Crippen LogP contribution in [-0.4, -0.2) is 73.5 Å². The van der Waals surface area contributed by atoms with Gasteiger partial charge in [0.25, 0.3) is 0 Å². The van der Waals surface area contributed by atoms with Crippen molar-refractivity contribution in [2.45, 2.75) is 0 Å². The van der Waals surface area contributed by atoms with Gasteiger partial charge in [-0.3, -0.25) is 9.59 Å². The molecule has 1 saturated heterocycles. The molecule has 0 aliphatic carbocycles. The minimum atomic E-state index is -1.17. The topological polar surface area (TPSA) is 143 Å². The molecule has 0 unspecified atom stereocenters. The fourth-order valence-corrected chi connectivity index (χ4v) is 3.27. The van der Waals surface area contributed by atoms with Crippen molar-refractivity contribution in [3.8, 4) is 11.5 Å². The number of ether oxygens (including phenoxy) is 3. The first-order chi connectivity index (χ1) is 15.8. The van der Waals surface area contributed by atoms with E-state index in [9.17, 15) is 19.2 Å². The summed E-state index contributed by atoms with van der Waals surface area (Å²) in [5, 5.41) is 18.2. The van der Waals surface area contributed by atoms with E-state index in [0.717, 1.165) is 0 Å². The molecule has 0 bridgehead atoms. The molecule has 1 aliphatic rings. The monoisotopic (exact) mass is 458 g/mol. The molecule has 0 atom stereocenters. The quantitative estimate of drug-likeness (QED) is 0.283. The van der Waals surface area contributed by atoms with Crippen LogP contribution in [0.3, 0.4) is 0 Å². The van der Waals surface area contributed by atoms with E-state index in [2.05, 4.69) is 4.74 Å². The van der Waals surface area contributed by atoms with Gasteiger partial charge in [0.2, 0.25) is 0 Å². The van der Waals surface area contributed by atoms with Crippen molar-refractivity contribution in [2.75, 3.05) is 49.2 Å². The van der Waals surface area contributed by atoms with E-state index in [1.165, 1.54) is 4.90 Å². The SMILES string of the molecule is O=C(O)CN(CC(=O)O)c1ccccc1OCCOc1ccccc1N1CC(=O)OC(=O)C1. The highest BCUT2D eigenvalue weighted by Gasteiger charge is 2.26. The van der Waals surface area contributed by atoms with Crippen molar-refractivity contribution in [1.82, 2.24) is 0 Å². The van der Waals surface area contributed by atoms with Gasteiger partial charge in [-0.25, -0.2) is 9.59 Å². The zero-order chi connectivity index (χ0) is 23.8. The minimum Gasteiger partial charge on any atom is -0.488 e. The average molecular weight is 458 g/mol. The number of carboxylic acid groups (broad SMARTS) is 2. The third-order valence-corrected chi connectivity index (χ3v) is 4.53. The van der Waals surface area contributed by atoms with E-state index in [1.54, 1.807) is 53.4 Å². The van der Waals surface area contributed by atoms with Crippen LogP contribution in [-0.2, 0) is 23.9 Å². The van der Waals surface area contributed by atoms with Crippen LogP contribution in [0, 0.1) is 0 Å². The van der Waals surface area contributed by atoms with Gasteiger partial charge >= 0.3 is 23.9 Å². The van der Waals surface area contributed by atoms with Crippen molar-refractivity contribution < 1.29 is 43.6 Å². The summed E-state index contributed by atoms with van der Waals surface area (Å²) < 4.78 is 16.1. The number of aliphatic carboxylic acids is 2. The molecule has 1 heterocycles. The van der Waals surface area contributed by atoms with Gasteiger partial charge < -0.3 is 34.2 Å². The molecule has 1 fully saturated rings. The lowest BCUT2D eigenvalue weighted by Crippen LogP contribution is -2.43. The summed E-state index contributed by atoms with van der Waals surface area (Å²) in [7, 11) is 0. The first kappa shape index (κ1) is 23.4. The summed E-state index contributed by atoms with van der Waals surface area (Å²) in [5.41, 5.74) is 0.880. The predicted octanol–water partition coefficient (Wildman–Crippen LogP) is 1.01. The Morgan fingerprint density at radius 3 is 1.97 bits per heavy atom. The van der Waals surface area contributed by atoms with Gasteiger partial charge in [-0.1, -0.05) is 24.3 Å². The van der Waals surface area contributed by atoms with Crippen molar-refractivity contribution in [1.29, 1.82) is 0 Å². The van der Waals surface area contributed by atoms with E-state index in [1.807, 2.05) is 0 Å². The molecule has 0 spiro atoms. The van der Waals surface area contributed by atoms with Gasteiger partial charge in [0.05, 0.1) is 11.4 Å². The van der Waals surface area contributed by atoms with Crippen LogP contribution in [0.2, 0.25) is 0 Å². The summed E-state index contributed by atoms with van der Waals surface area (Å²) in [5.74, 6) is -2.89. The third-order valence-electron chi connectivity index (χ3n) is 4.53. The molecule has 2 aromatic carbocycles. The van der Waals surface area contributed by atoms with Crippen LogP contribution in [0.4, 0.5) is 11.4 Å². The molecule has 0 aromatic heterocycles. The van der Waals surface area contributed by atoms with Crippen LogP contribution >= 0.6 is 0 Å². The number of hydrogen-bond donors (Lipinski definition) is 2. The molecule has 1 aliphatic heterocycles. The second-order valence-electron chi connectivity index (χ2n) is 6.98. The standard InChI is InChI=1S/C22H22N2O9/c25-19(26)11-23(12-20(27)28)15-5-1-3-7-17(15)31-9-10-32-18-8-4-2-6-16(18)24-13-21(29)33-22(30)14-24/h1-8H,9-14H2,(H,25,26)(H,27,28).